The fourth-order valence-electron chi connectivity index (χ4n) is 2.40. The van der Waals surface area contributed by atoms with E-state index in [4.69, 9.17) is 22.1 Å². The van der Waals surface area contributed by atoms with Crippen LogP contribution in [0.3, 0.4) is 0 Å². The number of thioether (sulfide) groups is 1. The largest absolute Gasteiger partial charge is 0.393 e. The minimum atomic E-state index is -0.944. The fourth-order valence-corrected chi connectivity index (χ4v) is 3.12. The molecule has 138 valence electrons. The first-order valence-electron chi connectivity index (χ1n) is 8.24. The molecule has 3 unspecified atom stereocenters. The molecule has 0 bridgehead atoms. The molecule has 1 aliphatic carbocycles. The van der Waals surface area contributed by atoms with Crippen LogP contribution in [0, 0.1) is 0 Å². The van der Waals surface area contributed by atoms with Gasteiger partial charge in [0.05, 0.1) is 18.6 Å². The topological polar surface area (TPSA) is 72.0 Å². The van der Waals surface area contributed by atoms with E-state index < -0.39 is 6.17 Å². The Labute approximate surface area is 153 Å². The van der Waals surface area contributed by atoms with Crippen LogP contribution in [0.2, 0.25) is 0 Å². The minimum absolute atomic E-state index is 0.0645. The predicted octanol–water partition coefficient (Wildman–Crippen LogP) is 3.44. The number of hydrogen-bond donors (Lipinski definition) is 2. The van der Waals surface area contributed by atoms with Gasteiger partial charge in [0.2, 0.25) is 0 Å². The lowest BCUT2D eigenvalue weighted by Gasteiger charge is -2.18. The van der Waals surface area contributed by atoms with E-state index in [1.807, 2.05) is 0 Å². The van der Waals surface area contributed by atoms with Crippen molar-refractivity contribution in [2.45, 2.75) is 57.8 Å². The Balaban J connectivity index is 2.63. The van der Waals surface area contributed by atoms with Crippen molar-refractivity contribution < 1.29 is 9.13 Å². The van der Waals surface area contributed by atoms with Gasteiger partial charge in [-0.15, -0.1) is 11.8 Å². The molecular weight excluding hydrogens is 351 g/mol. The first-order chi connectivity index (χ1) is 11.5. The maximum Gasteiger partial charge on any atom is 0.155 e. The minimum Gasteiger partial charge on any atom is -0.393 e. The molecule has 0 aromatic rings. The zero-order valence-electron chi connectivity index (χ0n) is 14.4. The van der Waals surface area contributed by atoms with Crippen LogP contribution in [-0.2, 0) is 4.74 Å². The molecule has 0 aromatic heterocycles. The van der Waals surface area contributed by atoms with Crippen LogP contribution in [-0.4, -0.2) is 49.1 Å². The van der Waals surface area contributed by atoms with Gasteiger partial charge in [0.25, 0.3) is 0 Å². The van der Waals surface area contributed by atoms with E-state index in [-0.39, 0.29) is 23.9 Å². The van der Waals surface area contributed by atoms with Crippen LogP contribution in [0.4, 0.5) is 4.39 Å². The van der Waals surface area contributed by atoms with E-state index in [0.717, 1.165) is 31.4 Å². The predicted molar refractivity (Wildman–Crippen MR) is 103 cm³/mol. The molecule has 0 amide bonds. The number of ether oxygens (including phenoxy) is 1. The van der Waals surface area contributed by atoms with E-state index in [2.05, 4.69) is 28.9 Å². The molecule has 3 N–H and O–H groups in total. The molecule has 24 heavy (non-hydrogen) atoms. The quantitative estimate of drug-likeness (QED) is 0.264. The van der Waals surface area contributed by atoms with E-state index >= 15 is 0 Å². The summed E-state index contributed by atoms with van der Waals surface area (Å²) >= 11 is 7.71. The summed E-state index contributed by atoms with van der Waals surface area (Å²) < 4.78 is 18.4. The van der Waals surface area contributed by atoms with Gasteiger partial charge in [-0.25, -0.2) is 4.39 Å². The molecule has 0 aliphatic heterocycles. The third kappa shape index (κ3) is 7.85. The van der Waals surface area contributed by atoms with Crippen molar-refractivity contribution in [1.29, 1.82) is 0 Å². The molecule has 0 saturated heterocycles. The van der Waals surface area contributed by atoms with Crippen molar-refractivity contribution in [3.05, 3.63) is 10.9 Å². The summed E-state index contributed by atoms with van der Waals surface area (Å²) in [6.45, 7) is 7.16. The molecule has 3 atom stereocenters. The van der Waals surface area contributed by atoms with Crippen molar-refractivity contribution in [3.8, 4) is 0 Å². The van der Waals surface area contributed by atoms with Crippen LogP contribution in [0.15, 0.2) is 20.8 Å². The first kappa shape index (κ1) is 21.3. The van der Waals surface area contributed by atoms with Crippen molar-refractivity contribution in [2.75, 3.05) is 18.2 Å². The molecule has 1 fully saturated rings. The van der Waals surface area contributed by atoms with Gasteiger partial charge in [-0.05, 0) is 45.1 Å². The lowest BCUT2D eigenvalue weighted by atomic mass is 10.2. The first-order valence-corrected chi connectivity index (χ1v) is 9.77. The molecule has 1 saturated carbocycles. The second-order valence-electron chi connectivity index (χ2n) is 5.80. The zero-order chi connectivity index (χ0) is 17.9. The van der Waals surface area contributed by atoms with Crippen LogP contribution in [0.1, 0.15) is 39.5 Å². The van der Waals surface area contributed by atoms with Crippen LogP contribution in [0.5, 0.6) is 0 Å². The Hall–Kier alpha value is -0.790. The highest BCUT2D eigenvalue weighted by atomic mass is 35.5. The smallest absolute Gasteiger partial charge is 0.155 e. The van der Waals surface area contributed by atoms with E-state index in [9.17, 15) is 4.39 Å². The SMILES string of the molecule is C=N/C(Cl)=C(N)\C(=N/CSCCC)NC1CCC(OCC(C)F)C1. The number of alkyl halides is 1. The number of halogens is 2. The standard InChI is InChI=1S/C16H28ClFN4OS/c1-4-7-24-10-21-16(14(19)15(17)20-3)22-12-5-6-13(8-12)23-9-11(2)18/h11-13H,3-10,19H2,1-2H3,(H,21,22)/b15-14+. The second kappa shape index (κ2) is 11.7. The average Bonchev–Trinajstić information content (AvgIpc) is 3.01. The van der Waals surface area contributed by atoms with Gasteiger partial charge in [-0.1, -0.05) is 18.5 Å². The molecule has 1 rings (SSSR count). The number of nitrogens with zero attached hydrogens (tertiary/aromatic N) is 2. The van der Waals surface area contributed by atoms with Crippen molar-refractivity contribution in [1.82, 2.24) is 5.32 Å². The lowest BCUT2D eigenvalue weighted by molar-refractivity contribution is 0.0263. The van der Waals surface area contributed by atoms with Crippen molar-refractivity contribution in [2.24, 2.45) is 15.7 Å². The number of rotatable bonds is 10. The number of nitrogens with one attached hydrogen (secondary N) is 1. The van der Waals surface area contributed by atoms with Crippen molar-refractivity contribution in [3.63, 3.8) is 0 Å². The summed E-state index contributed by atoms with van der Waals surface area (Å²) in [6, 6.07) is 0.174. The summed E-state index contributed by atoms with van der Waals surface area (Å²) in [6.07, 6.45) is 2.81. The third-order valence-corrected chi connectivity index (χ3v) is 4.90. The molecular formula is C16H28ClFN4OS. The van der Waals surface area contributed by atoms with Gasteiger partial charge >= 0.3 is 0 Å². The number of hydrogen-bond acceptors (Lipinski definition) is 5. The van der Waals surface area contributed by atoms with Gasteiger partial charge in [-0.3, -0.25) is 9.98 Å². The highest BCUT2D eigenvalue weighted by Gasteiger charge is 2.27. The summed E-state index contributed by atoms with van der Waals surface area (Å²) in [4.78, 5) is 8.17. The van der Waals surface area contributed by atoms with Crippen molar-refractivity contribution >= 4 is 35.9 Å². The maximum atomic E-state index is 12.9. The van der Waals surface area contributed by atoms with E-state index in [0.29, 0.717) is 17.4 Å². The molecule has 0 radical (unpaired) electrons. The Morgan fingerprint density at radius 1 is 1.54 bits per heavy atom. The molecule has 1 aliphatic rings. The van der Waals surface area contributed by atoms with Gasteiger partial charge < -0.3 is 15.8 Å². The van der Waals surface area contributed by atoms with Crippen LogP contribution in [0.25, 0.3) is 0 Å². The zero-order valence-corrected chi connectivity index (χ0v) is 16.0. The lowest BCUT2D eigenvalue weighted by Crippen LogP contribution is -2.37. The third-order valence-electron chi connectivity index (χ3n) is 3.57. The van der Waals surface area contributed by atoms with E-state index in [1.165, 1.54) is 6.92 Å². The Bertz CT molecular complexity index is 459. The second-order valence-corrected chi connectivity index (χ2v) is 7.23. The molecule has 0 heterocycles. The highest BCUT2D eigenvalue weighted by Crippen LogP contribution is 2.23. The maximum absolute atomic E-state index is 12.9. The Kier molecular flexibility index (Phi) is 10.4. The highest BCUT2D eigenvalue weighted by molar-refractivity contribution is 7.99. The Morgan fingerprint density at radius 2 is 2.29 bits per heavy atom. The Morgan fingerprint density at radius 3 is 2.92 bits per heavy atom. The van der Waals surface area contributed by atoms with Gasteiger partial charge in [-0.2, -0.15) is 0 Å². The monoisotopic (exact) mass is 378 g/mol. The van der Waals surface area contributed by atoms with Crippen LogP contribution < -0.4 is 11.1 Å². The average molecular weight is 379 g/mol. The normalized spacial score (nSPS) is 23.8. The van der Waals surface area contributed by atoms with Gasteiger partial charge in [0, 0.05) is 6.04 Å². The number of nitrogens with two attached hydrogens (primary N) is 1. The van der Waals surface area contributed by atoms with Crippen LogP contribution >= 0.6 is 23.4 Å². The van der Waals surface area contributed by atoms with Gasteiger partial charge in [0.15, 0.2) is 5.16 Å². The summed E-state index contributed by atoms with van der Waals surface area (Å²) in [7, 11) is 0. The van der Waals surface area contributed by atoms with E-state index in [1.54, 1.807) is 11.8 Å². The molecule has 0 spiro atoms. The number of aliphatic imine (C=N–C) groups is 2. The fraction of sp³-hybridized carbons (Fsp3) is 0.750. The summed E-state index contributed by atoms with van der Waals surface area (Å²) in [5, 5.41) is 3.47. The summed E-state index contributed by atoms with van der Waals surface area (Å²) in [5.41, 5.74) is 6.33. The van der Waals surface area contributed by atoms with Gasteiger partial charge in [0.1, 0.15) is 17.7 Å². The molecule has 8 heteroatoms. The molecule has 5 nitrogen and oxygen atoms in total. The number of amidine groups is 1. The molecule has 0 aromatic carbocycles. The summed E-state index contributed by atoms with van der Waals surface area (Å²) in [5.74, 6) is 2.18.